The molecule has 1 amide bonds. The zero-order valence-corrected chi connectivity index (χ0v) is 14.9. The van der Waals surface area contributed by atoms with Gasteiger partial charge >= 0.3 is 0 Å². The smallest absolute Gasteiger partial charge is 0.264 e. The Morgan fingerprint density at radius 2 is 1.86 bits per heavy atom. The molecule has 0 bridgehead atoms. The van der Waals surface area contributed by atoms with Crippen molar-refractivity contribution in [3.05, 3.63) is 95.6 Å². The highest BCUT2D eigenvalue weighted by atomic mass is 19.1. The van der Waals surface area contributed by atoms with Crippen LogP contribution in [0.2, 0.25) is 0 Å². The van der Waals surface area contributed by atoms with E-state index < -0.39 is 29.5 Å². The Morgan fingerprint density at radius 1 is 1.07 bits per heavy atom. The first-order valence-corrected chi connectivity index (χ1v) is 8.81. The Bertz CT molecular complexity index is 1050. The van der Waals surface area contributed by atoms with Crippen molar-refractivity contribution in [3.63, 3.8) is 0 Å². The number of nitrogens with zero attached hydrogens (tertiary/aromatic N) is 2. The molecule has 2 heterocycles. The third-order valence-electron chi connectivity index (χ3n) is 4.84. The number of amides is 1. The van der Waals surface area contributed by atoms with E-state index >= 15 is 0 Å². The number of halogens is 1. The lowest BCUT2D eigenvalue weighted by Gasteiger charge is -2.22. The van der Waals surface area contributed by atoms with Crippen molar-refractivity contribution in [3.8, 4) is 0 Å². The summed E-state index contributed by atoms with van der Waals surface area (Å²) < 4.78 is 13.5. The number of carbonyl (C=O) groups excluding carboxylic acids is 2. The van der Waals surface area contributed by atoms with Gasteiger partial charge in [0.2, 0.25) is 0 Å². The Kier molecular flexibility index (Phi) is 4.49. The Labute approximate surface area is 161 Å². The van der Waals surface area contributed by atoms with Gasteiger partial charge in [-0.1, -0.05) is 36.4 Å². The molecule has 3 aromatic rings. The average Bonchev–Trinajstić information content (AvgIpc) is 2.91. The minimum absolute atomic E-state index is 0.0910. The molecule has 4 rings (SSSR count). The third kappa shape index (κ3) is 3.08. The number of carbonyl (C=O) groups is 2. The summed E-state index contributed by atoms with van der Waals surface area (Å²) in [5, 5.41) is 11.2. The fourth-order valence-electron chi connectivity index (χ4n) is 3.50. The zero-order chi connectivity index (χ0) is 19.7. The normalized spacial score (nSPS) is 18.2. The number of hydrogen-bond acceptors (Lipinski definition) is 4. The van der Waals surface area contributed by atoms with Crippen LogP contribution < -0.4 is 4.90 Å². The van der Waals surface area contributed by atoms with Crippen molar-refractivity contribution in [2.45, 2.75) is 18.6 Å². The number of fused-ring (bicyclic) bond motifs is 1. The molecule has 1 aromatic heterocycles. The van der Waals surface area contributed by atoms with Gasteiger partial charge in [0.1, 0.15) is 11.5 Å². The van der Waals surface area contributed by atoms with E-state index in [0.717, 1.165) is 0 Å². The highest BCUT2D eigenvalue weighted by Crippen LogP contribution is 2.43. The van der Waals surface area contributed by atoms with Crippen LogP contribution in [-0.4, -0.2) is 21.8 Å². The van der Waals surface area contributed by atoms with Gasteiger partial charge in [-0.15, -0.1) is 0 Å². The highest BCUT2D eigenvalue weighted by molar-refractivity contribution is 6.10. The van der Waals surface area contributed by atoms with Crippen LogP contribution in [0.3, 0.4) is 0 Å². The van der Waals surface area contributed by atoms with Crippen molar-refractivity contribution in [1.82, 2.24) is 4.98 Å². The molecule has 1 aliphatic heterocycles. The maximum absolute atomic E-state index is 13.5. The first kappa shape index (κ1) is 18.0. The predicted molar refractivity (Wildman–Crippen MR) is 101 cm³/mol. The molecule has 2 aromatic carbocycles. The minimum Gasteiger partial charge on any atom is -0.375 e. The van der Waals surface area contributed by atoms with Gasteiger partial charge in [-0.05, 0) is 35.9 Å². The Hall–Kier alpha value is -3.38. The van der Waals surface area contributed by atoms with Crippen molar-refractivity contribution in [2.24, 2.45) is 0 Å². The quantitative estimate of drug-likeness (QED) is 0.694. The molecule has 140 valence electrons. The molecule has 0 aliphatic carbocycles. The van der Waals surface area contributed by atoms with Crippen LogP contribution in [-0.2, 0) is 16.9 Å². The molecule has 0 fully saturated rings. The molecule has 0 saturated carbocycles. The van der Waals surface area contributed by atoms with Crippen molar-refractivity contribution >= 4 is 17.4 Å². The van der Waals surface area contributed by atoms with Crippen LogP contribution in [0, 0.1) is 5.82 Å². The highest BCUT2D eigenvalue weighted by Gasteiger charge is 2.50. The summed E-state index contributed by atoms with van der Waals surface area (Å²) in [5.74, 6) is -1.45. The van der Waals surface area contributed by atoms with E-state index in [1.165, 1.54) is 23.2 Å². The lowest BCUT2D eigenvalue weighted by Crippen LogP contribution is -2.41. The number of ketones is 1. The van der Waals surface area contributed by atoms with E-state index in [4.69, 9.17) is 0 Å². The van der Waals surface area contributed by atoms with E-state index in [-0.39, 0.29) is 12.2 Å². The minimum atomic E-state index is -1.99. The van der Waals surface area contributed by atoms with E-state index in [2.05, 4.69) is 4.98 Å². The fourth-order valence-corrected chi connectivity index (χ4v) is 3.50. The number of benzene rings is 2. The summed E-state index contributed by atoms with van der Waals surface area (Å²) in [4.78, 5) is 31.2. The van der Waals surface area contributed by atoms with E-state index in [9.17, 15) is 19.1 Å². The van der Waals surface area contributed by atoms with Crippen molar-refractivity contribution in [2.75, 3.05) is 4.90 Å². The van der Waals surface area contributed by atoms with Crippen molar-refractivity contribution in [1.29, 1.82) is 0 Å². The Morgan fingerprint density at radius 3 is 2.61 bits per heavy atom. The summed E-state index contributed by atoms with van der Waals surface area (Å²) in [6.45, 7) is 0.0910. The predicted octanol–water partition coefficient (Wildman–Crippen LogP) is 3.23. The monoisotopic (exact) mass is 376 g/mol. The third-order valence-corrected chi connectivity index (χ3v) is 4.84. The average molecular weight is 376 g/mol. The van der Waals surface area contributed by atoms with Crippen LogP contribution in [0.1, 0.15) is 28.0 Å². The van der Waals surface area contributed by atoms with Crippen LogP contribution in [0.5, 0.6) is 0 Å². The standard InChI is InChI=1S/C22H17FN2O3/c23-16-7-5-6-15(12-16)14-25-19-10-2-1-8-17(19)22(28,21(25)27)13-20(26)18-9-3-4-11-24-18/h1-12,28H,13-14H2. The molecule has 0 radical (unpaired) electrons. The molecule has 0 saturated heterocycles. The number of pyridine rings is 1. The van der Waals surface area contributed by atoms with Gasteiger partial charge in [-0.3, -0.25) is 14.6 Å². The second-order valence-corrected chi connectivity index (χ2v) is 6.71. The number of Topliss-reactive ketones (excluding diaryl/α,β-unsaturated/α-hetero) is 1. The Balaban J connectivity index is 1.69. The molecule has 1 atom stereocenters. The van der Waals surface area contributed by atoms with Crippen molar-refractivity contribution < 1.29 is 19.1 Å². The van der Waals surface area contributed by atoms with Gasteiger partial charge in [-0.2, -0.15) is 0 Å². The van der Waals surface area contributed by atoms with Gasteiger partial charge in [0.05, 0.1) is 18.7 Å². The molecule has 0 spiro atoms. The molecule has 6 heteroatoms. The second-order valence-electron chi connectivity index (χ2n) is 6.71. The van der Waals surface area contributed by atoms with Crippen LogP contribution in [0.15, 0.2) is 72.9 Å². The van der Waals surface area contributed by atoms with Gasteiger partial charge in [0.25, 0.3) is 5.91 Å². The number of aromatic nitrogens is 1. The first-order chi connectivity index (χ1) is 13.5. The SMILES string of the molecule is O=C(CC1(O)C(=O)N(Cc2cccc(F)c2)c2ccccc21)c1ccccn1. The van der Waals surface area contributed by atoms with Crippen LogP contribution >= 0.6 is 0 Å². The van der Waals surface area contributed by atoms with Gasteiger partial charge in [-0.25, -0.2) is 4.39 Å². The van der Waals surface area contributed by atoms with E-state index in [1.54, 1.807) is 54.6 Å². The molecular weight excluding hydrogens is 359 g/mol. The van der Waals surface area contributed by atoms with E-state index in [0.29, 0.717) is 16.8 Å². The lowest BCUT2D eigenvalue weighted by molar-refractivity contribution is -0.136. The summed E-state index contributed by atoms with van der Waals surface area (Å²) in [6, 6.07) is 17.6. The topological polar surface area (TPSA) is 70.5 Å². The maximum atomic E-state index is 13.5. The maximum Gasteiger partial charge on any atom is 0.264 e. The van der Waals surface area contributed by atoms with Gasteiger partial charge in [0, 0.05) is 11.8 Å². The number of rotatable bonds is 5. The van der Waals surface area contributed by atoms with Crippen LogP contribution in [0.25, 0.3) is 0 Å². The molecule has 5 nitrogen and oxygen atoms in total. The summed E-state index contributed by atoms with van der Waals surface area (Å²) in [6.07, 6.45) is 1.07. The first-order valence-electron chi connectivity index (χ1n) is 8.81. The van der Waals surface area contributed by atoms with Gasteiger partial charge < -0.3 is 10.0 Å². The zero-order valence-electron chi connectivity index (χ0n) is 14.9. The molecule has 28 heavy (non-hydrogen) atoms. The number of aliphatic hydroxyl groups is 1. The summed E-state index contributed by atoms with van der Waals surface area (Å²) >= 11 is 0. The molecule has 1 aliphatic rings. The lowest BCUT2D eigenvalue weighted by atomic mass is 9.89. The molecular formula is C22H17FN2O3. The number of para-hydroxylation sites is 1. The van der Waals surface area contributed by atoms with E-state index in [1.807, 2.05) is 0 Å². The molecule has 1 unspecified atom stereocenters. The largest absolute Gasteiger partial charge is 0.375 e. The van der Waals surface area contributed by atoms with Gasteiger partial charge in [0.15, 0.2) is 11.4 Å². The van der Waals surface area contributed by atoms with Crippen LogP contribution in [0.4, 0.5) is 10.1 Å². The number of hydrogen-bond donors (Lipinski definition) is 1. The fraction of sp³-hybridized carbons (Fsp3) is 0.136. The summed E-state index contributed by atoms with van der Waals surface area (Å²) in [5.41, 5.74) is -0.347. The summed E-state index contributed by atoms with van der Waals surface area (Å²) in [7, 11) is 0. The molecule has 1 N–H and O–H groups in total. The second kappa shape index (κ2) is 6.98. The number of anilines is 1.